The van der Waals surface area contributed by atoms with Crippen molar-refractivity contribution in [1.82, 2.24) is 9.80 Å². The van der Waals surface area contributed by atoms with Crippen molar-refractivity contribution < 1.29 is 24.6 Å². The monoisotopic (exact) mass is 420 g/mol. The van der Waals surface area contributed by atoms with Gasteiger partial charge in [0.2, 0.25) is 0 Å². The largest absolute Gasteiger partial charge is 0.391 e. The number of allylic oxidation sites excluding steroid dienone is 2. The van der Waals surface area contributed by atoms with Crippen molar-refractivity contribution in [2.75, 3.05) is 6.26 Å². The zero-order chi connectivity index (χ0) is 19.6. The summed E-state index contributed by atoms with van der Waals surface area (Å²) in [5.41, 5.74) is 0.878. The van der Waals surface area contributed by atoms with Crippen LogP contribution in [0.5, 0.6) is 0 Å². The lowest BCUT2D eigenvalue weighted by atomic mass is 9.80. The van der Waals surface area contributed by atoms with Gasteiger partial charge in [0.15, 0.2) is 15.5 Å². The molecule has 6 aliphatic rings. The minimum absolute atomic E-state index is 0.0560. The Labute approximate surface area is 170 Å². The van der Waals surface area contributed by atoms with Gasteiger partial charge in [-0.3, -0.25) is 14.4 Å². The maximum atomic E-state index is 14.0. The molecule has 28 heavy (non-hydrogen) atoms. The molecule has 8 unspecified atom stereocenters. The standard InChI is InChI=1S/C19H20N2O5S2/c1-27-18-6-8-3-2-4-10(22)13(8)20(18)17(26)19-7-9-14(21(19)16(18)25)11(23)5-12(28-19)15(9)24/h2-4,9-14,22-23H,5-7H2,1H3. The maximum Gasteiger partial charge on any atom is 0.261 e. The number of carbonyl (C=O) groups excluding carboxylic acids is 3. The van der Waals surface area contributed by atoms with Gasteiger partial charge < -0.3 is 20.0 Å². The van der Waals surface area contributed by atoms with Crippen LogP contribution in [0.1, 0.15) is 19.3 Å². The van der Waals surface area contributed by atoms with Crippen molar-refractivity contribution in [2.45, 2.75) is 58.5 Å². The van der Waals surface area contributed by atoms with Crippen LogP contribution in [0.15, 0.2) is 23.8 Å². The number of aliphatic hydroxyl groups excluding tert-OH is 2. The van der Waals surface area contributed by atoms with Crippen molar-refractivity contribution in [1.29, 1.82) is 0 Å². The van der Waals surface area contributed by atoms with Crippen molar-refractivity contribution in [3.63, 3.8) is 0 Å². The average molecular weight is 421 g/mol. The van der Waals surface area contributed by atoms with E-state index in [0.717, 1.165) is 5.57 Å². The van der Waals surface area contributed by atoms with Crippen LogP contribution in [-0.2, 0) is 14.4 Å². The van der Waals surface area contributed by atoms with Gasteiger partial charge in [-0.1, -0.05) is 18.2 Å². The summed E-state index contributed by atoms with van der Waals surface area (Å²) in [5.74, 6) is -0.835. The van der Waals surface area contributed by atoms with Crippen LogP contribution >= 0.6 is 23.5 Å². The molecule has 8 atom stereocenters. The summed E-state index contributed by atoms with van der Waals surface area (Å²) in [4.78, 5) is 41.6. The number of hydrogen-bond donors (Lipinski definition) is 2. The molecule has 2 N–H and O–H groups in total. The first kappa shape index (κ1) is 17.6. The summed E-state index contributed by atoms with van der Waals surface area (Å²) in [5, 5.41) is 20.9. The molecule has 0 aromatic rings. The fourth-order valence-electron chi connectivity index (χ4n) is 6.24. The highest BCUT2D eigenvalue weighted by Crippen LogP contribution is 2.64. The van der Waals surface area contributed by atoms with E-state index < -0.39 is 45.2 Å². The molecule has 0 aromatic carbocycles. The highest BCUT2D eigenvalue weighted by molar-refractivity contribution is 8.03. The number of rotatable bonds is 1. The van der Waals surface area contributed by atoms with Crippen LogP contribution < -0.4 is 0 Å². The Balaban J connectivity index is 1.56. The lowest BCUT2D eigenvalue weighted by Gasteiger charge is -2.53. The maximum absolute atomic E-state index is 14.0. The zero-order valence-electron chi connectivity index (χ0n) is 15.1. The quantitative estimate of drug-likeness (QED) is 0.610. The third-order valence-electron chi connectivity index (χ3n) is 7.34. The Kier molecular flexibility index (Phi) is 3.29. The molecule has 1 spiro atoms. The van der Waals surface area contributed by atoms with Crippen LogP contribution in [0, 0.1) is 5.92 Å². The highest BCUT2D eigenvalue weighted by Gasteiger charge is 2.77. The molecule has 5 fully saturated rings. The van der Waals surface area contributed by atoms with E-state index in [0.29, 0.717) is 6.42 Å². The Morgan fingerprint density at radius 3 is 2.75 bits per heavy atom. The predicted octanol–water partition coefficient (Wildman–Crippen LogP) is -0.120. The molecule has 1 saturated carbocycles. The van der Waals surface area contributed by atoms with Gasteiger partial charge in [-0.05, 0) is 18.2 Å². The molecule has 2 amide bonds. The highest BCUT2D eigenvalue weighted by atomic mass is 32.2. The number of Topliss-reactive ketones (excluding diaryl/α,β-unsaturated/α-hetero) is 1. The van der Waals surface area contributed by atoms with Gasteiger partial charge in [-0.25, -0.2) is 0 Å². The number of ketones is 1. The molecule has 4 aliphatic heterocycles. The molecule has 0 aromatic heterocycles. The first-order valence-electron chi connectivity index (χ1n) is 9.53. The summed E-state index contributed by atoms with van der Waals surface area (Å²) < 4.78 is 0. The summed E-state index contributed by atoms with van der Waals surface area (Å²) >= 11 is 2.55. The fraction of sp³-hybridized carbons (Fsp3) is 0.632. The molecule has 4 heterocycles. The molecule has 3 bridgehead atoms. The molecule has 0 radical (unpaired) electrons. The lowest BCUT2D eigenvalue weighted by Crippen LogP contribution is -2.74. The van der Waals surface area contributed by atoms with Gasteiger partial charge in [0.25, 0.3) is 11.8 Å². The van der Waals surface area contributed by atoms with E-state index in [2.05, 4.69) is 0 Å². The van der Waals surface area contributed by atoms with Crippen molar-refractivity contribution in [3.8, 4) is 0 Å². The first-order chi connectivity index (χ1) is 13.4. The van der Waals surface area contributed by atoms with E-state index in [1.165, 1.54) is 23.5 Å². The minimum Gasteiger partial charge on any atom is -0.391 e. The van der Waals surface area contributed by atoms with E-state index in [-0.39, 0.29) is 30.4 Å². The Morgan fingerprint density at radius 2 is 2.00 bits per heavy atom. The Hall–Kier alpha value is -1.29. The molecule has 7 nitrogen and oxygen atoms in total. The SMILES string of the molecule is CSC12CC3=CC=CC(O)C3N1C(=O)C13CC4C(=O)C(CC(O)C4N1C2=O)S3. The van der Waals surface area contributed by atoms with E-state index >= 15 is 0 Å². The number of hydrogen-bond acceptors (Lipinski definition) is 7. The lowest BCUT2D eigenvalue weighted by molar-refractivity contribution is -0.168. The number of nitrogens with zero attached hydrogens (tertiary/aromatic N) is 2. The molecule has 148 valence electrons. The van der Waals surface area contributed by atoms with E-state index in [4.69, 9.17) is 0 Å². The summed E-state index contributed by atoms with van der Waals surface area (Å²) in [6, 6.07) is -1.17. The zero-order valence-corrected chi connectivity index (χ0v) is 16.8. The van der Waals surface area contributed by atoms with Crippen LogP contribution in [-0.4, -0.2) is 83.1 Å². The summed E-state index contributed by atoms with van der Waals surface area (Å²) in [6.45, 7) is 0. The van der Waals surface area contributed by atoms with Crippen molar-refractivity contribution in [2.24, 2.45) is 5.92 Å². The number of thioether (sulfide) groups is 2. The Morgan fingerprint density at radius 1 is 1.21 bits per heavy atom. The smallest absolute Gasteiger partial charge is 0.261 e. The van der Waals surface area contributed by atoms with Crippen LogP contribution in [0.25, 0.3) is 0 Å². The number of aliphatic hydroxyl groups is 2. The van der Waals surface area contributed by atoms with Gasteiger partial charge in [0.05, 0.1) is 29.5 Å². The second kappa shape index (κ2) is 5.24. The summed E-state index contributed by atoms with van der Waals surface area (Å²) in [7, 11) is 0. The molecule has 9 heteroatoms. The first-order valence-corrected chi connectivity index (χ1v) is 11.6. The number of carbonyl (C=O) groups is 3. The number of amides is 2. The number of fused-ring (bicyclic) bond motifs is 5. The van der Waals surface area contributed by atoms with E-state index in [9.17, 15) is 24.6 Å². The van der Waals surface area contributed by atoms with Gasteiger partial charge in [0, 0.05) is 18.8 Å². The minimum atomic E-state index is -1.14. The topological polar surface area (TPSA) is 98.2 Å². The molecule has 6 rings (SSSR count). The van der Waals surface area contributed by atoms with Gasteiger partial charge >= 0.3 is 0 Å². The van der Waals surface area contributed by atoms with Gasteiger partial charge in [-0.15, -0.1) is 23.5 Å². The van der Waals surface area contributed by atoms with Crippen LogP contribution in [0.4, 0.5) is 0 Å². The van der Waals surface area contributed by atoms with Gasteiger partial charge in [-0.2, -0.15) is 0 Å². The molecule has 2 aliphatic carbocycles. The van der Waals surface area contributed by atoms with Crippen LogP contribution in [0.2, 0.25) is 0 Å². The Bertz CT molecular complexity index is 905. The molecular weight excluding hydrogens is 400 g/mol. The third-order valence-corrected chi connectivity index (χ3v) is 10.2. The van der Waals surface area contributed by atoms with Gasteiger partial charge in [0.1, 0.15) is 0 Å². The third kappa shape index (κ3) is 1.69. The van der Waals surface area contributed by atoms with Crippen molar-refractivity contribution in [3.05, 3.63) is 23.8 Å². The second-order valence-electron chi connectivity index (χ2n) is 8.48. The van der Waals surface area contributed by atoms with Crippen molar-refractivity contribution >= 4 is 41.1 Å². The summed E-state index contributed by atoms with van der Waals surface area (Å²) in [6.07, 6.45) is 6.37. The predicted molar refractivity (Wildman–Crippen MR) is 103 cm³/mol. The van der Waals surface area contributed by atoms with E-state index in [1.807, 2.05) is 12.3 Å². The average Bonchev–Trinajstić information content (AvgIpc) is 3.13. The number of piperazine rings is 1. The molecular formula is C19H20N2O5S2. The van der Waals surface area contributed by atoms with E-state index in [1.54, 1.807) is 22.0 Å². The molecule has 4 saturated heterocycles. The second-order valence-corrected chi connectivity index (χ2v) is 11.0. The van der Waals surface area contributed by atoms with Crippen LogP contribution in [0.3, 0.4) is 0 Å². The fourth-order valence-corrected chi connectivity index (χ4v) is 9.06. The normalized spacial score (nSPS) is 50.7.